The van der Waals surface area contributed by atoms with Crippen molar-refractivity contribution in [2.75, 3.05) is 6.61 Å². The summed E-state index contributed by atoms with van der Waals surface area (Å²) in [5, 5.41) is 2.79. The van der Waals surface area contributed by atoms with Crippen LogP contribution in [0.15, 0.2) is 70.7 Å². The Labute approximate surface area is 230 Å². The number of thiophene rings is 1. The Morgan fingerprint density at radius 3 is 2.77 bits per heavy atom. The first-order valence-electron chi connectivity index (χ1n) is 13.0. The highest BCUT2D eigenvalue weighted by Gasteiger charge is 2.27. The average Bonchev–Trinajstić information content (AvgIpc) is 3.71. The zero-order valence-electron chi connectivity index (χ0n) is 21.9. The normalized spacial score (nSPS) is 14.1. The number of rotatable bonds is 7. The number of ketones is 1. The summed E-state index contributed by atoms with van der Waals surface area (Å²) in [6.07, 6.45) is 6.07. The molecule has 196 valence electrons. The van der Waals surface area contributed by atoms with Crippen LogP contribution < -0.4 is 0 Å². The molecule has 4 heterocycles. The number of aromatic nitrogens is 2. The number of fused-ring (bicyclic) bond motifs is 2. The van der Waals surface area contributed by atoms with E-state index < -0.39 is 5.97 Å². The van der Waals surface area contributed by atoms with Gasteiger partial charge in [-0.05, 0) is 86.0 Å². The van der Waals surface area contributed by atoms with E-state index in [2.05, 4.69) is 10.6 Å². The summed E-state index contributed by atoms with van der Waals surface area (Å²) in [5.41, 5.74) is 6.37. The molecule has 6 rings (SSSR count). The van der Waals surface area contributed by atoms with Crippen LogP contribution in [0, 0.1) is 13.8 Å². The van der Waals surface area contributed by atoms with Gasteiger partial charge in [-0.1, -0.05) is 24.3 Å². The van der Waals surface area contributed by atoms with Crippen LogP contribution in [-0.4, -0.2) is 27.9 Å². The van der Waals surface area contributed by atoms with Crippen LogP contribution >= 0.6 is 11.3 Å². The summed E-state index contributed by atoms with van der Waals surface area (Å²) in [6.45, 7) is 4.33. The number of para-hydroxylation sites is 1. The molecule has 0 aliphatic heterocycles. The molecule has 0 bridgehead atoms. The maximum atomic E-state index is 13.6. The molecule has 0 amide bonds. The second kappa shape index (κ2) is 10.5. The molecule has 1 aliphatic carbocycles. The number of hydrogen-bond donors (Lipinski definition) is 0. The van der Waals surface area contributed by atoms with E-state index in [0.717, 1.165) is 57.7 Å². The summed E-state index contributed by atoms with van der Waals surface area (Å²) in [6, 6.07) is 17.3. The number of furan rings is 1. The van der Waals surface area contributed by atoms with E-state index in [1.54, 1.807) is 17.6 Å². The molecule has 0 N–H and O–H groups in total. The Morgan fingerprint density at radius 1 is 1.10 bits per heavy atom. The van der Waals surface area contributed by atoms with Gasteiger partial charge < -0.3 is 13.7 Å². The van der Waals surface area contributed by atoms with Crippen molar-refractivity contribution in [3.63, 3.8) is 0 Å². The lowest BCUT2D eigenvalue weighted by molar-refractivity contribution is 0.0475. The van der Waals surface area contributed by atoms with E-state index in [0.29, 0.717) is 24.1 Å². The first-order valence-corrected chi connectivity index (χ1v) is 13.9. The zero-order chi connectivity index (χ0) is 26.9. The third-order valence-electron chi connectivity index (χ3n) is 7.34. The molecule has 0 atom stereocenters. The van der Waals surface area contributed by atoms with Gasteiger partial charge in [-0.3, -0.25) is 4.79 Å². The molecule has 1 aromatic carbocycles. The summed E-state index contributed by atoms with van der Waals surface area (Å²) in [7, 11) is 0. The highest BCUT2D eigenvalue weighted by Crippen LogP contribution is 2.36. The van der Waals surface area contributed by atoms with Crippen molar-refractivity contribution in [3.05, 3.63) is 111 Å². The lowest BCUT2D eigenvalue weighted by Gasteiger charge is -2.22. The van der Waals surface area contributed by atoms with Crippen molar-refractivity contribution in [2.24, 2.45) is 0 Å². The van der Waals surface area contributed by atoms with Crippen molar-refractivity contribution in [1.29, 1.82) is 0 Å². The first kappa shape index (κ1) is 25.1. The minimum atomic E-state index is -0.496. The Kier molecular flexibility index (Phi) is 6.75. The molecule has 5 aromatic rings. The van der Waals surface area contributed by atoms with Gasteiger partial charge in [-0.15, -0.1) is 11.3 Å². The van der Waals surface area contributed by atoms with E-state index in [1.165, 1.54) is 4.88 Å². The van der Waals surface area contributed by atoms with Gasteiger partial charge in [-0.2, -0.15) is 0 Å². The lowest BCUT2D eigenvalue weighted by Crippen LogP contribution is -2.19. The molecule has 0 spiro atoms. The third-order valence-corrected chi connectivity index (χ3v) is 8.20. The van der Waals surface area contributed by atoms with Crippen LogP contribution in [0.3, 0.4) is 0 Å². The van der Waals surface area contributed by atoms with Gasteiger partial charge in [0.25, 0.3) is 0 Å². The molecule has 0 unspecified atom stereocenters. The highest BCUT2D eigenvalue weighted by molar-refractivity contribution is 7.09. The maximum absolute atomic E-state index is 13.6. The minimum Gasteiger partial charge on any atom is -0.465 e. The van der Waals surface area contributed by atoms with Gasteiger partial charge in [0.2, 0.25) is 5.78 Å². The number of aryl methyl sites for hydroxylation is 1. The number of Topliss-reactive ketones (excluding diaryl/α,β-unsaturated/α-hetero) is 1. The Morgan fingerprint density at radius 2 is 1.97 bits per heavy atom. The Hall–Kier alpha value is -4.23. The topological polar surface area (TPSA) is 74.3 Å². The smallest absolute Gasteiger partial charge is 0.339 e. The molecule has 0 fully saturated rings. The van der Waals surface area contributed by atoms with Gasteiger partial charge in [0.1, 0.15) is 5.76 Å². The van der Waals surface area contributed by atoms with Crippen LogP contribution in [0.1, 0.15) is 66.8 Å². The van der Waals surface area contributed by atoms with Crippen molar-refractivity contribution < 1.29 is 18.7 Å². The number of nitrogens with zero attached hydrogens (tertiary/aromatic N) is 2. The zero-order valence-corrected chi connectivity index (χ0v) is 22.7. The van der Waals surface area contributed by atoms with E-state index in [-0.39, 0.29) is 12.4 Å². The standard InChI is InChI=1S/C32H28N2O4S/c1-20-16-27(21(2)34(20)18-24-10-7-15-39-24)29(35)19-38-32(36)30-25-11-3-4-13-28(25)33-31-22(8-5-12-26(30)31)17-23-9-6-14-37-23/h3-4,6-7,9-11,13-17H,5,8,12,18-19H2,1-2H3/b22-17+. The number of hydrogen-bond acceptors (Lipinski definition) is 6. The molecular formula is C32H28N2O4S. The Balaban J connectivity index is 1.29. The molecule has 0 radical (unpaired) electrons. The molecule has 6 nitrogen and oxygen atoms in total. The quantitative estimate of drug-likeness (QED) is 0.161. The second-order valence-electron chi connectivity index (χ2n) is 9.82. The van der Waals surface area contributed by atoms with Gasteiger partial charge >= 0.3 is 5.97 Å². The fraction of sp³-hybridized carbons (Fsp3) is 0.219. The van der Waals surface area contributed by atoms with E-state index in [4.69, 9.17) is 14.1 Å². The van der Waals surface area contributed by atoms with E-state index in [9.17, 15) is 9.59 Å². The predicted molar refractivity (Wildman–Crippen MR) is 153 cm³/mol. The van der Waals surface area contributed by atoms with Gasteiger partial charge in [0.05, 0.1) is 29.6 Å². The minimum absolute atomic E-state index is 0.209. The van der Waals surface area contributed by atoms with Gasteiger partial charge in [0.15, 0.2) is 6.61 Å². The Bertz CT molecular complexity index is 1710. The molecular weight excluding hydrogens is 508 g/mol. The van der Waals surface area contributed by atoms with Crippen molar-refractivity contribution >= 4 is 45.6 Å². The summed E-state index contributed by atoms with van der Waals surface area (Å²) < 4.78 is 13.4. The van der Waals surface area contributed by atoms with Crippen molar-refractivity contribution in [3.8, 4) is 0 Å². The fourth-order valence-corrected chi connectivity index (χ4v) is 6.11. The number of pyridine rings is 1. The number of allylic oxidation sites excluding steroid dienone is 1. The molecule has 0 saturated heterocycles. The molecule has 0 saturated carbocycles. The summed E-state index contributed by atoms with van der Waals surface area (Å²) >= 11 is 1.69. The molecule has 7 heteroatoms. The van der Waals surface area contributed by atoms with Crippen molar-refractivity contribution in [2.45, 2.75) is 39.7 Å². The molecule has 1 aliphatic rings. The van der Waals surface area contributed by atoms with Gasteiger partial charge in [-0.25, -0.2) is 9.78 Å². The van der Waals surface area contributed by atoms with Crippen LogP contribution in [-0.2, 0) is 17.7 Å². The first-order chi connectivity index (χ1) is 19.0. The van der Waals surface area contributed by atoms with E-state index in [1.807, 2.05) is 73.8 Å². The second-order valence-corrected chi connectivity index (χ2v) is 10.9. The summed E-state index contributed by atoms with van der Waals surface area (Å²) in [4.78, 5) is 33.0. The lowest BCUT2D eigenvalue weighted by atomic mass is 9.86. The predicted octanol–water partition coefficient (Wildman–Crippen LogP) is 7.27. The van der Waals surface area contributed by atoms with E-state index >= 15 is 0 Å². The van der Waals surface area contributed by atoms with Crippen LogP contribution in [0.4, 0.5) is 0 Å². The third kappa shape index (κ3) is 4.86. The number of carbonyl (C=O) groups excluding carboxylic acids is 2. The summed E-state index contributed by atoms with van der Waals surface area (Å²) in [5.74, 6) is 0.0450. The van der Waals surface area contributed by atoms with Crippen LogP contribution in [0.25, 0.3) is 22.6 Å². The monoisotopic (exact) mass is 536 g/mol. The number of benzene rings is 1. The van der Waals surface area contributed by atoms with Gasteiger partial charge in [0, 0.05) is 27.2 Å². The van der Waals surface area contributed by atoms with Crippen LogP contribution in [0.5, 0.6) is 0 Å². The average molecular weight is 537 g/mol. The number of ether oxygens (including phenoxy) is 1. The number of carbonyl (C=O) groups is 2. The fourth-order valence-electron chi connectivity index (χ4n) is 5.42. The van der Waals surface area contributed by atoms with Crippen LogP contribution in [0.2, 0.25) is 0 Å². The molecule has 4 aromatic heterocycles. The molecule has 39 heavy (non-hydrogen) atoms. The largest absolute Gasteiger partial charge is 0.465 e. The highest BCUT2D eigenvalue weighted by atomic mass is 32.1. The van der Waals surface area contributed by atoms with Crippen molar-refractivity contribution in [1.82, 2.24) is 9.55 Å². The SMILES string of the molecule is Cc1cc(C(=O)COC(=O)c2c3c(nc4ccccc24)/C(=C/c2ccco2)CCC3)c(C)n1Cc1cccs1. The maximum Gasteiger partial charge on any atom is 0.339 e. The number of esters is 1.